The SMILES string of the molecule is CC(=O)Nc1c(-c2ccccn2)nsc1C(=O)NCc1ccccc1. The number of anilines is 1. The van der Waals surface area contributed by atoms with Crippen molar-refractivity contribution in [3.05, 3.63) is 65.2 Å². The van der Waals surface area contributed by atoms with Crippen LogP contribution in [0.4, 0.5) is 5.69 Å². The Hall–Kier alpha value is -3.06. The van der Waals surface area contributed by atoms with E-state index in [0.717, 1.165) is 17.1 Å². The number of rotatable bonds is 5. The largest absolute Gasteiger partial charge is 0.347 e. The smallest absolute Gasteiger partial charge is 0.265 e. The summed E-state index contributed by atoms with van der Waals surface area (Å²) in [5.74, 6) is -0.554. The summed E-state index contributed by atoms with van der Waals surface area (Å²) in [5, 5.41) is 5.56. The van der Waals surface area contributed by atoms with Crippen LogP contribution in [-0.4, -0.2) is 21.2 Å². The molecule has 0 atom stereocenters. The van der Waals surface area contributed by atoms with Crippen LogP contribution in [0, 0.1) is 0 Å². The van der Waals surface area contributed by atoms with E-state index in [1.807, 2.05) is 36.4 Å². The Morgan fingerprint density at radius 3 is 2.52 bits per heavy atom. The summed E-state index contributed by atoms with van der Waals surface area (Å²) < 4.78 is 4.32. The summed E-state index contributed by atoms with van der Waals surface area (Å²) >= 11 is 1.04. The van der Waals surface area contributed by atoms with Gasteiger partial charge in [0, 0.05) is 19.7 Å². The molecule has 0 saturated heterocycles. The standard InChI is InChI=1S/C18H16N4O2S/c1-12(23)21-16-15(14-9-5-6-10-19-14)22-25-17(16)18(24)20-11-13-7-3-2-4-8-13/h2-10H,11H2,1H3,(H,20,24)(H,21,23). The van der Waals surface area contributed by atoms with Gasteiger partial charge in [-0.1, -0.05) is 36.4 Å². The molecule has 2 N–H and O–H groups in total. The maximum absolute atomic E-state index is 12.6. The van der Waals surface area contributed by atoms with Gasteiger partial charge in [-0.25, -0.2) is 0 Å². The molecule has 126 valence electrons. The van der Waals surface area contributed by atoms with Crippen LogP contribution < -0.4 is 10.6 Å². The fourth-order valence-corrected chi connectivity index (χ4v) is 3.03. The Labute approximate surface area is 149 Å². The number of nitrogens with zero attached hydrogens (tertiary/aromatic N) is 2. The minimum absolute atomic E-state index is 0.269. The molecule has 2 aromatic heterocycles. The minimum Gasteiger partial charge on any atom is -0.347 e. The molecule has 3 aromatic rings. The normalized spacial score (nSPS) is 10.3. The highest BCUT2D eigenvalue weighted by atomic mass is 32.1. The first-order valence-electron chi connectivity index (χ1n) is 7.66. The number of benzene rings is 1. The van der Waals surface area contributed by atoms with Crippen LogP contribution in [0.5, 0.6) is 0 Å². The third-order valence-corrected chi connectivity index (χ3v) is 4.25. The summed E-state index contributed by atoms with van der Waals surface area (Å²) in [6.07, 6.45) is 1.64. The van der Waals surface area contributed by atoms with Crippen molar-refractivity contribution in [3.8, 4) is 11.4 Å². The topological polar surface area (TPSA) is 84.0 Å². The second kappa shape index (κ2) is 7.67. The van der Waals surface area contributed by atoms with Crippen LogP contribution in [0.2, 0.25) is 0 Å². The van der Waals surface area contributed by atoms with Crippen molar-refractivity contribution in [2.75, 3.05) is 5.32 Å². The Bertz CT molecular complexity index is 879. The van der Waals surface area contributed by atoms with E-state index in [1.165, 1.54) is 6.92 Å². The van der Waals surface area contributed by atoms with Crippen LogP contribution in [0.1, 0.15) is 22.2 Å². The van der Waals surface area contributed by atoms with Crippen molar-refractivity contribution in [2.24, 2.45) is 0 Å². The highest BCUT2D eigenvalue weighted by Crippen LogP contribution is 2.32. The zero-order valence-electron chi connectivity index (χ0n) is 13.5. The van der Waals surface area contributed by atoms with Gasteiger partial charge in [0.1, 0.15) is 10.6 Å². The number of carbonyl (C=O) groups excluding carboxylic acids is 2. The molecule has 1 aromatic carbocycles. The van der Waals surface area contributed by atoms with Crippen molar-refractivity contribution < 1.29 is 9.59 Å². The molecule has 0 aliphatic carbocycles. The molecule has 0 spiro atoms. The van der Waals surface area contributed by atoms with Crippen LogP contribution in [0.3, 0.4) is 0 Å². The third-order valence-electron chi connectivity index (χ3n) is 3.40. The lowest BCUT2D eigenvalue weighted by Crippen LogP contribution is -2.23. The van der Waals surface area contributed by atoms with Gasteiger partial charge in [0.2, 0.25) is 5.91 Å². The van der Waals surface area contributed by atoms with E-state index in [2.05, 4.69) is 20.0 Å². The van der Waals surface area contributed by atoms with E-state index >= 15 is 0 Å². The second-order valence-electron chi connectivity index (χ2n) is 5.30. The molecule has 3 rings (SSSR count). The number of carbonyl (C=O) groups is 2. The summed E-state index contributed by atoms with van der Waals surface area (Å²) in [6, 6.07) is 15.0. The minimum atomic E-state index is -0.285. The molecular weight excluding hydrogens is 336 g/mol. The molecular formula is C18H16N4O2S. The summed E-state index contributed by atoms with van der Waals surface area (Å²) in [4.78, 5) is 28.7. The van der Waals surface area contributed by atoms with E-state index in [-0.39, 0.29) is 11.8 Å². The highest BCUT2D eigenvalue weighted by Gasteiger charge is 2.22. The van der Waals surface area contributed by atoms with E-state index in [9.17, 15) is 9.59 Å². The number of nitrogens with one attached hydrogen (secondary N) is 2. The third kappa shape index (κ3) is 4.07. The highest BCUT2D eigenvalue weighted by molar-refractivity contribution is 7.09. The zero-order chi connectivity index (χ0) is 17.6. The maximum Gasteiger partial charge on any atom is 0.265 e. The molecule has 25 heavy (non-hydrogen) atoms. The average molecular weight is 352 g/mol. The number of pyridine rings is 1. The lowest BCUT2D eigenvalue weighted by atomic mass is 10.2. The van der Waals surface area contributed by atoms with Gasteiger partial charge in [-0.3, -0.25) is 14.6 Å². The molecule has 0 aliphatic rings. The van der Waals surface area contributed by atoms with E-state index in [1.54, 1.807) is 18.3 Å². The lowest BCUT2D eigenvalue weighted by Gasteiger charge is -2.07. The van der Waals surface area contributed by atoms with Crippen LogP contribution in [0.15, 0.2) is 54.7 Å². The Morgan fingerprint density at radius 1 is 1.08 bits per heavy atom. The van der Waals surface area contributed by atoms with Crippen molar-refractivity contribution >= 4 is 29.0 Å². The molecule has 0 saturated carbocycles. The van der Waals surface area contributed by atoms with Crippen molar-refractivity contribution in [3.63, 3.8) is 0 Å². The molecule has 2 heterocycles. The Kier molecular flexibility index (Phi) is 5.15. The van der Waals surface area contributed by atoms with E-state index < -0.39 is 0 Å². The fourth-order valence-electron chi connectivity index (χ4n) is 2.27. The fraction of sp³-hybridized carbons (Fsp3) is 0.111. The van der Waals surface area contributed by atoms with Gasteiger partial charge in [-0.05, 0) is 29.2 Å². The molecule has 0 unspecified atom stereocenters. The first-order valence-corrected chi connectivity index (χ1v) is 8.43. The first-order chi connectivity index (χ1) is 12.1. The number of aromatic nitrogens is 2. The maximum atomic E-state index is 12.6. The zero-order valence-corrected chi connectivity index (χ0v) is 14.3. The molecule has 6 nitrogen and oxygen atoms in total. The van der Waals surface area contributed by atoms with Crippen molar-refractivity contribution in [1.29, 1.82) is 0 Å². The Morgan fingerprint density at radius 2 is 1.84 bits per heavy atom. The predicted octanol–water partition coefficient (Wildman–Crippen LogP) is 3.09. The quantitative estimate of drug-likeness (QED) is 0.739. The van der Waals surface area contributed by atoms with Gasteiger partial charge in [0.15, 0.2) is 0 Å². The van der Waals surface area contributed by atoms with Crippen LogP contribution in [0.25, 0.3) is 11.4 Å². The second-order valence-corrected chi connectivity index (χ2v) is 6.07. The predicted molar refractivity (Wildman–Crippen MR) is 97.3 cm³/mol. The molecule has 0 radical (unpaired) electrons. The van der Waals surface area contributed by atoms with Gasteiger partial charge < -0.3 is 10.6 Å². The van der Waals surface area contributed by atoms with Crippen molar-refractivity contribution in [1.82, 2.24) is 14.7 Å². The van der Waals surface area contributed by atoms with Crippen LogP contribution >= 0.6 is 11.5 Å². The number of hydrogen-bond donors (Lipinski definition) is 2. The molecule has 7 heteroatoms. The lowest BCUT2D eigenvalue weighted by molar-refractivity contribution is -0.114. The van der Waals surface area contributed by atoms with Gasteiger partial charge in [-0.15, -0.1) is 0 Å². The molecule has 2 amide bonds. The monoisotopic (exact) mass is 352 g/mol. The molecule has 0 bridgehead atoms. The summed E-state index contributed by atoms with van der Waals surface area (Å²) in [7, 11) is 0. The summed E-state index contributed by atoms with van der Waals surface area (Å²) in [5.41, 5.74) is 2.48. The summed E-state index contributed by atoms with van der Waals surface area (Å²) in [6.45, 7) is 1.79. The van der Waals surface area contributed by atoms with Gasteiger partial charge >= 0.3 is 0 Å². The van der Waals surface area contributed by atoms with Gasteiger partial charge in [-0.2, -0.15) is 4.37 Å². The Balaban J connectivity index is 1.86. The van der Waals surface area contributed by atoms with Crippen LogP contribution in [-0.2, 0) is 11.3 Å². The number of hydrogen-bond acceptors (Lipinski definition) is 5. The van der Waals surface area contributed by atoms with Gasteiger partial charge in [0.05, 0.1) is 11.4 Å². The first kappa shape index (κ1) is 16.8. The molecule has 0 aliphatic heterocycles. The average Bonchev–Trinajstić information content (AvgIpc) is 3.04. The van der Waals surface area contributed by atoms with E-state index in [0.29, 0.717) is 28.5 Å². The van der Waals surface area contributed by atoms with Gasteiger partial charge in [0.25, 0.3) is 5.91 Å². The molecule has 0 fully saturated rings. The van der Waals surface area contributed by atoms with E-state index in [4.69, 9.17) is 0 Å². The number of amides is 2. The van der Waals surface area contributed by atoms with Crippen molar-refractivity contribution in [2.45, 2.75) is 13.5 Å².